The molecule has 1 N–H and O–H groups in total. The van der Waals surface area contributed by atoms with Crippen LogP contribution < -0.4 is 10.2 Å². The van der Waals surface area contributed by atoms with Crippen LogP contribution in [0.25, 0.3) is 0 Å². The minimum absolute atomic E-state index is 0.00208. The highest BCUT2D eigenvalue weighted by atomic mass is 35.5. The summed E-state index contributed by atoms with van der Waals surface area (Å²) in [7, 11) is 0. The smallest absolute Gasteiger partial charge is 0.259 e. The van der Waals surface area contributed by atoms with Crippen LogP contribution in [0.4, 0.5) is 10.8 Å². The van der Waals surface area contributed by atoms with Crippen LogP contribution in [-0.4, -0.2) is 28.6 Å². The highest BCUT2D eigenvalue weighted by Crippen LogP contribution is 2.31. The van der Waals surface area contributed by atoms with Crippen LogP contribution in [0.3, 0.4) is 0 Å². The number of aromatic nitrogens is 2. The third-order valence-electron chi connectivity index (χ3n) is 3.86. The van der Waals surface area contributed by atoms with E-state index in [1.807, 2.05) is 20.8 Å². The minimum atomic E-state index is -0.331. The second-order valence-corrected chi connectivity index (χ2v) is 8.34. The first-order chi connectivity index (χ1) is 11.8. The van der Waals surface area contributed by atoms with Gasteiger partial charge in [-0.05, 0) is 24.6 Å². The van der Waals surface area contributed by atoms with Crippen LogP contribution in [0.5, 0.6) is 0 Å². The fourth-order valence-corrected chi connectivity index (χ4v) is 3.53. The van der Waals surface area contributed by atoms with Gasteiger partial charge in [0, 0.05) is 23.4 Å². The highest BCUT2D eigenvalue weighted by Gasteiger charge is 2.27. The molecule has 2 aromatic rings. The molecule has 8 heteroatoms. The molecule has 25 heavy (non-hydrogen) atoms. The van der Waals surface area contributed by atoms with Crippen molar-refractivity contribution in [2.75, 3.05) is 16.8 Å². The average Bonchev–Trinajstić information content (AvgIpc) is 3.15. The molecule has 0 spiro atoms. The van der Waals surface area contributed by atoms with Crippen molar-refractivity contribution in [3.8, 4) is 0 Å². The van der Waals surface area contributed by atoms with Gasteiger partial charge in [-0.15, -0.1) is 10.2 Å². The minimum Gasteiger partial charge on any atom is -0.312 e. The van der Waals surface area contributed by atoms with Crippen LogP contribution in [0, 0.1) is 0 Å². The molecule has 1 saturated heterocycles. The number of hydrogen-bond acceptors (Lipinski definition) is 5. The number of halogens is 1. The molecule has 6 nitrogen and oxygen atoms in total. The monoisotopic (exact) mass is 378 g/mol. The summed E-state index contributed by atoms with van der Waals surface area (Å²) in [5, 5.41) is 12.7. The Balaban J connectivity index is 1.87. The molecule has 0 unspecified atom stereocenters. The summed E-state index contributed by atoms with van der Waals surface area (Å²) in [6.45, 7) is 6.70. The van der Waals surface area contributed by atoms with Crippen molar-refractivity contribution < 1.29 is 9.59 Å². The normalized spacial score (nSPS) is 14.9. The number of benzene rings is 1. The zero-order valence-electron chi connectivity index (χ0n) is 14.3. The summed E-state index contributed by atoms with van der Waals surface area (Å²) in [5.41, 5.74) is 0.800. The van der Waals surface area contributed by atoms with E-state index < -0.39 is 0 Å². The third-order valence-corrected chi connectivity index (χ3v) is 5.36. The molecule has 1 aromatic carbocycles. The largest absolute Gasteiger partial charge is 0.312 e. The molecule has 0 aliphatic carbocycles. The van der Waals surface area contributed by atoms with Crippen molar-refractivity contribution >= 4 is 45.6 Å². The Morgan fingerprint density at radius 3 is 2.68 bits per heavy atom. The molecule has 2 heterocycles. The summed E-state index contributed by atoms with van der Waals surface area (Å²) in [6.07, 6.45) is 1.26. The summed E-state index contributed by atoms with van der Waals surface area (Å²) in [4.78, 5) is 26.4. The second-order valence-electron chi connectivity index (χ2n) is 6.93. The molecule has 1 aliphatic rings. The number of nitrogens with zero attached hydrogens (tertiary/aromatic N) is 3. The molecule has 1 fully saturated rings. The van der Waals surface area contributed by atoms with Crippen LogP contribution in [-0.2, 0) is 10.2 Å². The van der Waals surface area contributed by atoms with Crippen LogP contribution in [0.1, 0.15) is 49.0 Å². The standard InChI is InChI=1S/C17H19ClN4O2S/c1-17(2,3)15-20-21-16(25-15)19-14(24)11-7-6-10(18)9-12(11)22-8-4-5-13(22)23/h6-7,9H,4-5,8H2,1-3H3,(H,19,21,24). The molecule has 3 rings (SSSR count). The summed E-state index contributed by atoms with van der Waals surface area (Å²) in [5.74, 6) is -0.328. The molecule has 1 aliphatic heterocycles. The molecular formula is C17H19ClN4O2S. The van der Waals surface area contributed by atoms with Crippen molar-refractivity contribution in [2.24, 2.45) is 0 Å². The van der Waals surface area contributed by atoms with Gasteiger partial charge in [-0.1, -0.05) is 43.7 Å². The number of nitrogens with one attached hydrogen (secondary N) is 1. The lowest BCUT2D eigenvalue weighted by atomic mass is 9.98. The molecular weight excluding hydrogens is 360 g/mol. The number of amides is 2. The van der Waals surface area contributed by atoms with E-state index in [0.717, 1.165) is 11.4 Å². The predicted octanol–water partition coefficient (Wildman–Crippen LogP) is 3.87. The predicted molar refractivity (Wildman–Crippen MR) is 99.6 cm³/mol. The van der Waals surface area contributed by atoms with Gasteiger partial charge in [-0.2, -0.15) is 0 Å². The van der Waals surface area contributed by atoms with E-state index in [1.54, 1.807) is 23.1 Å². The first-order valence-corrected chi connectivity index (χ1v) is 9.20. The Kier molecular flexibility index (Phi) is 4.79. The Labute approximate surface area is 155 Å². The maximum atomic E-state index is 12.7. The van der Waals surface area contributed by atoms with E-state index in [1.165, 1.54) is 11.3 Å². The molecule has 1 aromatic heterocycles. The third kappa shape index (κ3) is 3.82. The van der Waals surface area contributed by atoms with Crippen LogP contribution >= 0.6 is 22.9 Å². The van der Waals surface area contributed by atoms with Crippen molar-refractivity contribution in [1.29, 1.82) is 0 Å². The lowest BCUT2D eigenvalue weighted by Crippen LogP contribution is -2.27. The fraction of sp³-hybridized carbons (Fsp3) is 0.412. The molecule has 0 saturated carbocycles. The van der Waals surface area contributed by atoms with Gasteiger partial charge in [-0.25, -0.2) is 0 Å². The Hall–Kier alpha value is -1.99. The molecule has 0 bridgehead atoms. The van der Waals surface area contributed by atoms with Crippen molar-refractivity contribution in [3.63, 3.8) is 0 Å². The van der Waals surface area contributed by atoms with Gasteiger partial charge in [0.1, 0.15) is 5.01 Å². The maximum absolute atomic E-state index is 12.7. The van der Waals surface area contributed by atoms with Gasteiger partial charge < -0.3 is 4.90 Å². The number of carbonyl (C=O) groups excluding carboxylic acids is 2. The average molecular weight is 379 g/mol. The molecule has 0 atom stereocenters. The first kappa shape index (κ1) is 17.8. The summed E-state index contributed by atoms with van der Waals surface area (Å²) < 4.78 is 0. The number of anilines is 2. The Morgan fingerprint density at radius 1 is 1.32 bits per heavy atom. The van der Waals surface area contributed by atoms with Gasteiger partial charge >= 0.3 is 0 Å². The van der Waals surface area contributed by atoms with E-state index in [4.69, 9.17) is 11.6 Å². The fourth-order valence-electron chi connectivity index (χ4n) is 2.56. The second kappa shape index (κ2) is 6.72. The zero-order chi connectivity index (χ0) is 18.2. The number of rotatable bonds is 3. The lowest BCUT2D eigenvalue weighted by Gasteiger charge is -2.19. The summed E-state index contributed by atoms with van der Waals surface area (Å²) in [6, 6.07) is 4.92. The van der Waals surface area contributed by atoms with E-state index in [2.05, 4.69) is 15.5 Å². The molecule has 2 amide bonds. The van der Waals surface area contributed by atoms with Crippen molar-refractivity contribution in [1.82, 2.24) is 10.2 Å². The van der Waals surface area contributed by atoms with E-state index in [0.29, 0.717) is 34.4 Å². The first-order valence-electron chi connectivity index (χ1n) is 8.01. The number of hydrogen-bond donors (Lipinski definition) is 1. The van der Waals surface area contributed by atoms with Crippen molar-refractivity contribution in [3.05, 3.63) is 33.8 Å². The quantitative estimate of drug-likeness (QED) is 0.879. The molecule has 132 valence electrons. The van der Waals surface area contributed by atoms with Gasteiger partial charge in [0.15, 0.2) is 0 Å². The van der Waals surface area contributed by atoms with Gasteiger partial charge in [0.25, 0.3) is 5.91 Å². The van der Waals surface area contributed by atoms with Crippen molar-refractivity contribution in [2.45, 2.75) is 39.0 Å². The summed E-state index contributed by atoms with van der Waals surface area (Å²) >= 11 is 7.42. The Bertz CT molecular complexity index is 828. The van der Waals surface area contributed by atoms with Gasteiger partial charge in [0.2, 0.25) is 11.0 Å². The van der Waals surface area contributed by atoms with Gasteiger partial charge in [-0.3, -0.25) is 14.9 Å². The zero-order valence-corrected chi connectivity index (χ0v) is 15.9. The van der Waals surface area contributed by atoms with E-state index in [-0.39, 0.29) is 17.2 Å². The SMILES string of the molecule is CC(C)(C)c1nnc(NC(=O)c2ccc(Cl)cc2N2CCCC2=O)s1. The van der Waals surface area contributed by atoms with Crippen LogP contribution in [0.15, 0.2) is 18.2 Å². The molecule has 0 radical (unpaired) electrons. The topological polar surface area (TPSA) is 75.2 Å². The van der Waals surface area contributed by atoms with Gasteiger partial charge in [0.05, 0.1) is 11.3 Å². The van der Waals surface area contributed by atoms with E-state index in [9.17, 15) is 9.59 Å². The van der Waals surface area contributed by atoms with Crippen LogP contribution in [0.2, 0.25) is 5.02 Å². The highest BCUT2D eigenvalue weighted by molar-refractivity contribution is 7.15. The number of carbonyl (C=O) groups is 2. The Morgan fingerprint density at radius 2 is 2.08 bits per heavy atom. The lowest BCUT2D eigenvalue weighted by molar-refractivity contribution is -0.117. The maximum Gasteiger partial charge on any atom is 0.259 e. The van der Waals surface area contributed by atoms with E-state index >= 15 is 0 Å².